The lowest BCUT2D eigenvalue weighted by molar-refractivity contribution is -0.140. The molecule has 2 amide bonds. The number of para-hydroxylation sites is 2. The van der Waals surface area contributed by atoms with E-state index in [9.17, 15) is 18.0 Å². The zero-order chi connectivity index (χ0) is 25.5. The second-order valence-corrected chi connectivity index (χ2v) is 10.4. The van der Waals surface area contributed by atoms with E-state index >= 15 is 0 Å². The topological polar surface area (TPSA) is 96.0 Å². The van der Waals surface area contributed by atoms with Gasteiger partial charge in [0.2, 0.25) is 21.8 Å². The van der Waals surface area contributed by atoms with E-state index in [0.29, 0.717) is 12.2 Å². The van der Waals surface area contributed by atoms with Crippen molar-refractivity contribution in [1.82, 2.24) is 10.2 Å². The Labute approximate surface area is 202 Å². The zero-order valence-corrected chi connectivity index (χ0v) is 21.6. The van der Waals surface area contributed by atoms with Crippen LogP contribution in [-0.4, -0.2) is 57.1 Å². The Bertz CT molecular complexity index is 1100. The third-order valence-corrected chi connectivity index (χ3v) is 6.41. The van der Waals surface area contributed by atoms with Gasteiger partial charge in [-0.25, -0.2) is 8.42 Å². The fourth-order valence-corrected chi connectivity index (χ4v) is 4.59. The first-order valence-electron chi connectivity index (χ1n) is 11.2. The maximum atomic E-state index is 13.7. The number of carbonyl (C=O) groups excluding carboxylic acids is 2. The molecule has 0 aliphatic heterocycles. The van der Waals surface area contributed by atoms with Crippen LogP contribution in [0.3, 0.4) is 0 Å². The Kier molecular flexibility index (Phi) is 9.49. The number of carbonyl (C=O) groups is 2. The van der Waals surface area contributed by atoms with Gasteiger partial charge in [-0.1, -0.05) is 48.9 Å². The van der Waals surface area contributed by atoms with Crippen LogP contribution in [-0.2, 0) is 26.2 Å². The molecule has 0 aromatic heterocycles. The van der Waals surface area contributed by atoms with Gasteiger partial charge in [0, 0.05) is 12.6 Å². The number of nitrogens with zero attached hydrogens (tertiary/aromatic N) is 2. The number of hydrogen-bond acceptors (Lipinski definition) is 5. The first-order chi connectivity index (χ1) is 16.0. The number of rotatable bonds is 11. The Morgan fingerprint density at radius 3 is 2.32 bits per heavy atom. The average Bonchev–Trinajstić information content (AvgIpc) is 2.76. The van der Waals surface area contributed by atoms with E-state index in [1.807, 2.05) is 52.0 Å². The summed E-state index contributed by atoms with van der Waals surface area (Å²) in [5.74, 6) is -0.430. The van der Waals surface area contributed by atoms with Crippen molar-refractivity contribution in [3.05, 3.63) is 59.7 Å². The Morgan fingerprint density at radius 1 is 1.09 bits per heavy atom. The normalized spacial score (nSPS) is 12.2. The Morgan fingerprint density at radius 2 is 1.76 bits per heavy atom. The lowest BCUT2D eigenvalue weighted by atomic mass is 10.1. The minimum absolute atomic E-state index is 0.0985. The largest absolute Gasteiger partial charge is 0.495 e. The molecule has 0 aliphatic rings. The maximum absolute atomic E-state index is 13.7. The molecule has 0 saturated carbocycles. The summed E-state index contributed by atoms with van der Waals surface area (Å²) in [4.78, 5) is 28.1. The molecule has 0 aliphatic carbocycles. The highest BCUT2D eigenvalue weighted by Crippen LogP contribution is 2.29. The van der Waals surface area contributed by atoms with Gasteiger partial charge in [-0.05, 0) is 44.9 Å². The molecular weight excluding hydrogens is 454 g/mol. The molecule has 1 N–H and O–H groups in total. The van der Waals surface area contributed by atoms with E-state index in [2.05, 4.69) is 5.32 Å². The molecule has 0 unspecified atom stereocenters. The van der Waals surface area contributed by atoms with Crippen molar-refractivity contribution < 1.29 is 22.7 Å². The molecular formula is C25H35N3O5S. The number of methoxy groups -OCH3 is 1. The molecule has 0 radical (unpaired) electrons. The van der Waals surface area contributed by atoms with Crippen LogP contribution in [0.4, 0.5) is 5.69 Å². The van der Waals surface area contributed by atoms with Crippen LogP contribution < -0.4 is 14.4 Å². The van der Waals surface area contributed by atoms with Crippen molar-refractivity contribution in [2.45, 2.75) is 52.7 Å². The van der Waals surface area contributed by atoms with Crippen molar-refractivity contribution in [3.63, 3.8) is 0 Å². The lowest BCUT2D eigenvalue weighted by Gasteiger charge is -2.33. The first-order valence-corrected chi connectivity index (χ1v) is 13.1. The van der Waals surface area contributed by atoms with Crippen molar-refractivity contribution in [2.24, 2.45) is 0 Å². The van der Waals surface area contributed by atoms with Gasteiger partial charge < -0.3 is 15.0 Å². The molecule has 1 atom stereocenters. The van der Waals surface area contributed by atoms with Crippen LogP contribution in [0.25, 0.3) is 0 Å². The fraction of sp³-hybridized carbons (Fsp3) is 0.440. The Balaban J connectivity index is 2.48. The summed E-state index contributed by atoms with van der Waals surface area (Å²) in [5, 5.41) is 2.88. The zero-order valence-electron chi connectivity index (χ0n) is 20.7. The third-order valence-electron chi connectivity index (χ3n) is 5.29. The summed E-state index contributed by atoms with van der Waals surface area (Å²) in [5.41, 5.74) is 2.14. The van der Waals surface area contributed by atoms with Gasteiger partial charge >= 0.3 is 0 Å². The third kappa shape index (κ3) is 7.21. The lowest BCUT2D eigenvalue weighted by Crippen LogP contribution is -2.53. The van der Waals surface area contributed by atoms with E-state index in [-0.39, 0.29) is 24.2 Å². The summed E-state index contributed by atoms with van der Waals surface area (Å²) in [6.07, 6.45) is 1.42. The number of sulfonamides is 1. The molecule has 0 saturated heterocycles. The van der Waals surface area contributed by atoms with Crippen molar-refractivity contribution in [3.8, 4) is 5.75 Å². The van der Waals surface area contributed by atoms with Gasteiger partial charge in [0.05, 0.1) is 19.1 Å². The van der Waals surface area contributed by atoms with Crippen molar-refractivity contribution in [2.75, 3.05) is 24.2 Å². The smallest absolute Gasteiger partial charge is 0.244 e. The molecule has 0 spiro atoms. The number of hydrogen-bond donors (Lipinski definition) is 1. The summed E-state index contributed by atoms with van der Waals surface area (Å²) in [6, 6.07) is 13.4. The Hall–Kier alpha value is -3.07. The highest BCUT2D eigenvalue weighted by molar-refractivity contribution is 7.92. The fourth-order valence-electron chi connectivity index (χ4n) is 3.74. The predicted molar refractivity (Wildman–Crippen MR) is 134 cm³/mol. The van der Waals surface area contributed by atoms with E-state index in [0.717, 1.165) is 21.7 Å². The second-order valence-electron chi connectivity index (χ2n) is 8.54. The predicted octanol–water partition coefficient (Wildman–Crippen LogP) is 3.10. The van der Waals surface area contributed by atoms with Crippen LogP contribution in [0, 0.1) is 6.92 Å². The molecule has 2 aromatic rings. The second kappa shape index (κ2) is 11.9. The van der Waals surface area contributed by atoms with Gasteiger partial charge in [0.1, 0.15) is 18.3 Å². The quantitative estimate of drug-likeness (QED) is 0.523. The van der Waals surface area contributed by atoms with Gasteiger partial charge in [-0.15, -0.1) is 0 Å². The van der Waals surface area contributed by atoms with Crippen LogP contribution in [0.15, 0.2) is 48.5 Å². The molecule has 2 aromatic carbocycles. The maximum Gasteiger partial charge on any atom is 0.244 e. The molecule has 9 heteroatoms. The van der Waals surface area contributed by atoms with E-state index in [1.54, 1.807) is 24.3 Å². The van der Waals surface area contributed by atoms with Gasteiger partial charge in [0.15, 0.2) is 0 Å². The highest BCUT2D eigenvalue weighted by atomic mass is 32.2. The van der Waals surface area contributed by atoms with Crippen LogP contribution in [0.5, 0.6) is 5.75 Å². The summed E-state index contributed by atoms with van der Waals surface area (Å²) in [7, 11) is -2.39. The number of aryl methyl sites for hydroxylation is 1. The SMILES string of the molecule is CC[C@@H](C(=O)NC(C)C)N(Cc1cccc(C)c1)C(=O)CN(c1ccccc1OC)S(C)(=O)=O. The molecule has 8 nitrogen and oxygen atoms in total. The van der Waals surface area contributed by atoms with Gasteiger partial charge in [-0.3, -0.25) is 13.9 Å². The minimum Gasteiger partial charge on any atom is -0.495 e. The van der Waals surface area contributed by atoms with Crippen molar-refractivity contribution in [1.29, 1.82) is 0 Å². The van der Waals surface area contributed by atoms with E-state index < -0.39 is 28.5 Å². The first kappa shape index (κ1) is 27.2. The minimum atomic E-state index is -3.83. The summed E-state index contributed by atoms with van der Waals surface area (Å²) < 4.78 is 31.7. The number of amides is 2. The van der Waals surface area contributed by atoms with E-state index in [1.165, 1.54) is 12.0 Å². The molecule has 0 fully saturated rings. The summed E-state index contributed by atoms with van der Waals surface area (Å²) >= 11 is 0. The van der Waals surface area contributed by atoms with Crippen molar-refractivity contribution >= 4 is 27.5 Å². The van der Waals surface area contributed by atoms with E-state index in [4.69, 9.17) is 4.74 Å². The number of benzene rings is 2. The summed E-state index contributed by atoms with van der Waals surface area (Å²) in [6.45, 7) is 7.19. The number of nitrogens with one attached hydrogen (secondary N) is 1. The number of ether oxygens (including phenoxy) is 1. The van der Waals surface area contributed by atoms with Crippen LogP contribution in [0.1, 0.15) is 38.3 Å². The highest BCUT2D eigenvalue weighted by Gasteiger charge is 2.32. The molecule has 186 valence electrons. The molecule has 2 rings (SSSR count). The van der Waals surface area contributed by atoms with Crippen LogP contribution in [0.2, 0.25) is 0 Å². The molecule has 34 heavy (non-hydrogen) atoms. The van der Waals surface area contributed by atoms with Gasteiger partial charge in [-0.2, -0.15) is 0 Å². The molecule has 0 heterocycles. The average molecular weight is 490 g/mol. The number of anilines is 1. The molecule has 0 bridgehead atoms. The monoisotopic (exact) mass is 489 g/mol. The van der Waals surface area contributed by atoms with Crippen LogP contribution >= 0.6 is 0 Å². The standard InChI is InChI=1S/C25H35N3O5S/c1-7-21(25(30)26-18(2)3)27(16-20-12-10-11-19(4)15-20)24(29)17-28(34(6,31)32)22-13-8-9-14-23(22)33-5/h8-15,18,21H,7,16-17H2,1-6H3,(H,26,30)/t21-/m0/s1. The van der Waals surface area contributed by atoms with Gasteiger partial charge in [0.25, 0.3) is 0 Å².